The zero-order valence-corrected chi connectivity index (χ0v) is 17.5. The second kappa shape index (κ2) is 7.85. The van der Waals surface area contributed by atoms with Crippen LogP contribution in [0.3, 0.4) is 0 Å². The van der Waals surface area contributed by atoms with Crippen molar-refractivity contribution in [3.8, 4) is 11.3 Å². The van der Waals surface area contributed by atoms with Crippen LogP contribution in [0.1, 0.15) is 11.4 Å². The number of nitrogens with two attached hydrogens (primary N) is 1. The summed E-state index contributed by atoms with van der Waals surface area (Å²) in [6.07, 6.45) is 5.37. The monoisotopic (exact) mass is 411 g/mol. The van der Waals surface area contributed by atoms with Crippen molar-refractivity contribution < 1.29 is 0 Å². The number of nitrogen functional groups attached to an aromatic ring is 1. The molecule has 7 nitrogen and oxygen atoms in total. The van der Waals surface area contributed by atoms with E-state index in [1.54, 1.807) is 12.4 Å². The van der Waals surface area contributed by atoms with Crippen molar-refractivity contribution in [3.63, 3.8) is 0 Å². The summed E-state index contributed by atoms with van der Waals surface area (Å²) >= 11 is 0. The van der Waals surface area contributed by atoms with Crippen molar-refractivity contribution in [1.29, 1.82) is 0 Å². The number of hydrogen-bond donors (Lipinski definition) is 2. The van der Waals surface area contributed by atoms with E-state index in [9.17, 15) is 0 Å². The highest BCUT2D eigenvalue weighted by molar-refractivity contribution is 5.95. The molecule has 0 radical (unpaired) electrons. The van der Waals surface area contributed by atoms with Crippen LogP contribution < -0.4 is 10.6 Å². The first kappa shape index (κ1) is 19.3. The van der Waals surface area contributed by atoms with E-state index in [-0.39, 0.29) is 0 Å². The molecular formula is C24H25N7. The van der Waals surface area contributed by atoms with Gasteiger partial charge in [-0.2, -0.15) is 0 Å². The number of nitrogens with zero attached hydrogens (tertiary/aromatic N) is 5. The van der Waals surface area contributed by atoms with Gasteiger partial charge >= 0.3 is 0 Å². The van der Waals surface area contributed by atoms with Gasteiger partial charge in [-0.1, -0.05) is 6.58 Å². The molecule has 0 aromatic carbocycles. The quantitative estimate of drug-likeness (QED) is 0.535. The summed E-state index contributed by atoms with van der Waals surface area (Å²) in [6.45, 7) is 8.31. The number of H-pyrrole nitrogens is 1. The fourth-order valence-corrected chi connectivity index (χ4v) is 3.99. The Hall–Kier alpha value is -3.71. The van der Waals surface area contributed by atoms with Gasteiger partial charge in [0.05, 0.1) is 22.6 Å². The van der Waals surface area contributed by atoms with Crippen LogP contribution in [0, 0.1) is 0 Å². The molecule has 0 bridgehead atoms. The van der Waals surface area contributed by atoms with Crippen molar-refractivity contribution in [3.05, 3.63) is 73.0 Å². The largest absolute Gasteiger partial charge is 0.397 e. The molecule has 31 heavy (non-hydrogen) atoms. The van der Waals surface area contributed by atoms with Crippen LogP contribution >= 0.6 is 0 Å². The highest BCUT2D eigenvalue weighted by Crippen LogP contribution is 2.32. The van der Waals surface area contributed by atoms with Gasteiger partial charge in [0, 0.05) is 67.0 Å². The normalized spacial score (nSPS) is 14.8. The molecule has 7 heteroatoms. The van der Waals surface area contributed by atoms with Crippen LogP contribution in [-0.4, -0.2) is 58.1 Å². The molecule has 0 atom stereocenters. The first-order chi connectivity index (χ1) is 15.1. The van der Waals surface area contributed by atoms with Gasteiger partial charge in [-0.15, -0.1) is 0 Å². The SMILES string of the molecule is C=C(c1cc2c(N3CCN(C)CC3)nccc2[nH]1)c1nc(-c2ccncc2)ccc1N. The Labute approximate surface area is 181 Å². The molecule has 5 rings (SSSR count). The van der Waals surface area contributed by atoms with E-state index in [0.717, 1.165) is 65.4 Å². The summed E-state index contributed by atoms with van der Waals surface area (Å²) in [4.78, 5) is 21.7. The molecule has 4 aromatic heterocycles. The minimum atomic E-state index is 0.596. The molecule has 4 aromatic rings. The van der Waals surface area contributed by atoms with Crippen LogP contribution in [0.4, 0.5) is 11.5 Å². The molecular weight excluding hydrogens is 386 g/mol. The molecule has 0 saturated carbocycles. The maximum Gasteiger partial charge on any atom is 0.138 e. The van der Waals surface area contributed by atoms with Crippen molar-refractivity contribution in [2.45, 2.75) is 0 Å². The third-order valence-electron chi connectivity index (χ3n) is 5.84. The van der Waals surface area contributed by atoms with Crippen molar-refractivity contribution in [2.24, 2.45) is 0 Å². The van der Waals surface area contributed by atoms with E-state index < -0.39 is 0 Å². The number of fused-ring (bicyclic) bond motifs is 1. The Morgan fingerprint density at radius 2 is 1.81 bits per heavy atom. The lowest BCUT2D eigenvalue weighted by Crippen LogP contribution is -2.44. The second-order valence-electron chi connectivity index (χ2n) is 7.92. The van der Waals surface area contributed by atoms with Gasteiger partial charge in [-0.25, -0.2) is 9.97 Å². The van der Waals surface area contributed by atoms with E-state index in [4.69, 9.17) is 10.7 Å². The number of likely N-dealkylation sites (N-methyl/N-ethyl adjacent to an activating group) is 1. The first-order valence-corrected chi connectivity index (χ1v) is 10.4. The first-order valence-electron chi connectivity index (χ1n) is 10.4. The highest BCUT2D eigenvalue weighted by Gasteiger charge is 2.20. The number of hydrogen-bond acceptors (Lipinski definition) is 6. The van der Waals surface area contributed by atoms with Gasteiger partial charge in [0.25, 0.3) is 0 Å². The smallest absolute Gasteiger partial charge is 0.138 e. The lowest BCUT2D eigenvalue weighted by molar-refractivity contribution is 0.312. The Morgan fingerprint density at radius 1 is 1.03 bits per heavy atom. The standard InChI is InChI=1S/C24H25N7/c1-16(23-19(25)3-4-20(29-23)17-5-8-26-9-6-17)22-15-18-21(28-22)7-10-27-24(18)31-13-11-30(2)12-14-31/h3-10,15,28H,1,11-14,25H2,2H3. The Bertz CT molecular complexity index is 1240. The summed E-state index contributed by atoms with van der Waals surface area (Å²) in [6, 6.07) is 11.8. The van der Waals surface area contributed by atoms with Crippen molar-refractivity contribution in [2.75, 3.05) is 43.9 Å². The molecule has 0 spiro atoms. The zero-order valence-electron chi connectivity index (χ0n) is 17.5. The molecule has 1 fully saturated rings. The number of rotatable bonds is 4. The third kappa shape index (κ3) is 3.64. The van der Waals surface area contributed by atoms with Gasteiger partial charge in [0.2, 0.25) is 0 Å². The molecule has 5 heterocycles. The maximum absolute atomic E-state index is 6.29. The number of nitrogens with one attached hydrogen (secondary N) is 1. The van der Waals surface area contributed by atoms with Crippen LogP contribution in [0.2, 0.25) is 0 Å². The van der Waals surface area contributed by atoms with E-state index in [2.05, 4.69) is 44.4 Å². The minimum Gasteiger partial charge on any atom is -0.397 e. The predicted octanol–water partition coefficient (Wildman–Crippen LogP) is 3.42. The maximum atomic E-state index is 6.29. The predicted molar refractivity (Wildman–Crippen MR) is 126 cm³/mol. The topological polar surface area (TPSA) is 87.0 Å². The lowest BCUT2D eigenvalue weighted by Gasteiger charge is -2.33. The fraction of sp³-hybridized carbons (Fsp3) is 0.208. The Kier molecular flexibility index (Phi) is 4.88. The van der Waals surface area contributed by atoms with Crippen LogP contribution in [0.25, 0.3) is 27.7 Å². The molecule has 0 aliphatic carbocycles. The van der Waals surface area contributed by atoms with Gasteiger partial charge in [-0.3, -0.25) is 4.98 Å². The molecule has 1 aliphatic heterocycles. The number of pyridine rings is 3. The van der Waals surface area contributed by atoms with Gasteiger partial charge in [0.1, 0.15) is 5.82 Å². The van der Waals surface area contributed by atoms with Crippen LogP contribution in [0.5, 0.6) is 0 Å². The van der Waals surface area contributed by atoms with E-state index >= 15 is 0 Å². The molecule has 0 amide bonds. The van der Waals surface area contributed by atoms with Gasteiger partial charge < -0.3 is 20.5 Å². The Morgan fingerprint density at radius 3 is 2.58 bits per heavy atom. The van der Waals surface area contributed by atoms with E-state index in [1.165, 1.54) is 0 Å². The van der Waals surface area contributed by atoms with E-state index in [1.807, 2.05) is 36.5 Å². The fourth-order valence-electron chi connectivity index (χ4n) is 3.99. The zero-order chi connectivity index (χ0) is 21.4. The van der Waals surface area contributed by atoms with E-state index in [0.29, 0.717) is 11.4 Å². The minimum absolute atomic E-state index is 0.596. The summed E-state index contributed by atoms with van der Waals surface area (Å²) < 4.78 is 0. The van der Waals surface area contributed by atoms with Crippen molar-refractivity contribution in [1.82, 2.24) is 24.8 Å². The second-order valence-corrected chi connectivity index (χ2v) is 7.92. The summed E-state index contributed by atoms with van der Waals surface area (Å²) in [7, 11) is 2.15. The average molecular weight is 412 g/mol. The lowest BCUT2D eigenvalue weighted by atomic mass is 10.1. The summed E-state index contributed by atoms with van der Waals surface area (Å²) in [5.41, 5.74) is 12.1. The summed E-state index contributed by atoms with van der Waals surface area (Å²) in [5.74, 6) is 1.01. The van der Waals surface area contributed by atoms with Gasteiger partial charge in [0.15, 0.2) is 0 Å². The number of piperazine rings is 1. The number of aromatic amines is 1. The molecule has 3 N–H and O–H groups in total. The average Bonchev–Trinajstić information content (AvgIpc) is 3.25. The van der Waals surface area contributed by atoms with Gasteiger partial charge in [-0.05, 0) is 43.4 Å². The molecule has 1 saturated heterocycles. The molecule has 0 unspecified atom stereocenters. The van der Waals surface area contributed by atoms with Crippen molar-refractivity contribution >= 4 is 28.0 Å². The number of anilines is 2. The summed E-state index contributed by atoms with van der Waals surface area (Å²) in [5, 5.41) is 1.09. The number of aromatic nitrogens is 4. The molecule has 1 aliphatic rings. The van der Waals surface area contributed by atoms with Crippen LogP contribution in [-0.2, 0) is 0 Å². The third-order valence-corrected chi connectivity index (χ3v) is 5.84. The Balaban J connectivity index is 1.52. The molecule has 156 valence electrons. The highest BCUT2D eigenvalue weighted by atomic mass is 15.3. The van der Waals surface area contributed by atoms with Crippen LogP contribution in [0.15, 0.2) is 61.6 Å².